The summed E-state index contributed by atoms with van der Waals surface area (Å²) in [5.74, 6) is -2.50. The van der Waals surface area contributed by atoms with Crippen LogP contribution in [-0.2, 0) is 30.3 Å². The Labute approximate surface area is 162 Å². The molecular weight excluding hydrogens is 360 g/mol. The van der Waals surface area contributed by atoms with Gasteiger partial charge < -0.3 is 9.64 Å². The summed E-state index contributed by atoms with van der Waals surface area (Å²) in [6, 6.07) is 6.57. The van der Waals surface area contributed by atoms with Gasteiger partial charge in [0.2, 0.25) is 11.8 Å². The zero-order valence-electron chi connectivity index (χ0n) is 15.7. The van der Waals surface area contributed by atoms with Crippen LogP contribution in [0.5, 0.6) is 0 Å². The van der Waals surface area contributed by atoms with Gasteiger partial charge >= 0.3 is 5.97 Å². The Kier molecular flexibility index (Phi) is 4.75. The van der Waals surface area contributed by atoms with Crippen molar-refractivity contribution in [1.82, 2.24) is 4.90 Å². The molecule has 0 spiro atoms. The van der Waals surface area contributed by atoms with Crippen molar-refractivity contribution in [2.45, 2.75) is 32.2 Å². The number of likely N-dealkylation sites (tertiary alicyclic amines) is 1. The van der Waals surface area contributed by atoms with Crippen molar-refractivity contribution in [2.75, 3.05) is 18.1 Å². The molecule has 0 unspecified atom stereocenters. The van der Waals surface area contributed by atoms with Crippen LogP contribution in [0.25, 0.3) is 0 Å². The van der Waals surface area contributed by atoms with E-state index in [-0.39, 0.29) is 17.7 Å². The van der Waals surface area contributed by atoms with Gasteiger partial charge in [-0.25, -0.2) is 4.79 Å². The highest BCUT2D eigenvalue weighted by atomic mass is 16.5. The number of carbonyl (C=O) groups excluding carboxylic acids is 4. The highest BCUT2D eigenvalue weighted by Gasteiger charge is 2.50. The Morgan fingerprint density at radius 3 is 2.43 bits per heavy atom. The first kappa shape index (κ1) is 18.4. The number of rotatable bonds is 4. The predicted molar refractivity (Wildman–Crippen MR) is 100 cm³/mol. The van der Waals surface area contributed by atoms with Gasteiger partial charge in [0.25, 0.3) is 5.91 Å². The maximum atomic E-state index is 12.6. The first-order valence-electron chi connectivity index (χ1n) is 9.56. The molecule has 0 saturated carbocycles. The number of carbonyl (C=O) groups is 4. The van der Waals surface area contributed by atoms with Gasteiger partial charge in [0, 0.05) is 12.2 Å². The van der Waals surface area contributed by atoms with Crippen molar-refractivity contribution in [1.29, 1.82) is 0 Å². The zero-order valence-corrected chi connectivity index (χ0v) is 15.7. The van der Waals surface area contributed by atoms with Gasteiger partial charge in [0.05, 0.1) is 11.8 Å². The van der Waals surface area contributed by atoms with E-state index in [2.05, 4.69) is 0 Å². The lowest BCUT2D eigenvalue weighted by molar-refractivity contribution is -0.159. The van der Waals surface area contributed by atoms with Crippen LogP contribution < -0.4 is 4.90 Å². The summed E-state index contributed by atoms with van der Waals surface area (Å²) in [7, 11) is 0. The van der Waals surface area contributed by atoms with Crippen LogP contribution in [0.3, 0.4) is 0 Å². The molecule has 1 aromatic rings. The van der Waals surface area contributed by atoms with Gasteiger partial charge in [-0.05, 0) is 37.8 Å². The molecule has 1 aliphatic carbocycles. The standard InChI is InChI=1S/C21H22N2O5/c1-13(23-19(25)15-7-3-4-8-16(15)20(23)26)21(27)28-12-18(24)22-11-10-14-6-2-5-9-17(14)22/h2-6,9,13,15-16H,7-8,10-12H2,1H3/t13-,15-,16-/m0/s1. The normalized spacial score (nSPS) is 24.2. The van der Waals surface area contributed by atoms with Crippen molar-refractivity contribution < 1.29 is 23.9 Å². The lowest BCUT2D eigenvalue weighted by Gasteiger charge is -2.22. The average molecular weight is 382 g/mol. The van der Waals surface area contributed by atoms with Gasteiger partial charge in [-0.3, -0.25) is 19.3 Å². The molecule has 3 atom stereocenters. The third kappa shape index (κ3) is 3.00. The fourth-order valence-electron chi connectivity index (χ4n) is 4.24. The zero-order chi connectivity index (χ0) is 19.8. The second-order valence-corrected chi connectivity index (χ2v) is 7.41. The number of amides is 3. The Hall–Kier alpha value is -2.96. The monoisotopic (exact) mass is 382 g/mol. The molecule has 0 aromatic heterocycles. The van der Waals surface area contributed by atoms with Crippen LogP contribution in [0.1, 0.15) is 25.3 Å². The Morgan fingerprint density at radius 2 is 1.75 bits per heavy atom. The van der Waals surface area contributed by atoms with Crippen LogP contribution in [0.2, 0.25) is 0 Å². The minimum absolute atomic E-state index is 0.317. The van der Waals surface area contributed by atoms with Gasteiger partial charge in [0.1, 0.15) is 6.04 Å². The van der Waals surface area contributed by atoms with Crippen molar-refractivity contribution >= 4 is 29.4 Å². The number of hydrogen-bond donors (Lipinski definition) is 0. The second-order valence-electron chi connectivity index (χ2n) is 7.41. The van der Waals surface area contributed by atoms with Crippen LogP contribution in [0, 0.1) is 11.8 Å². The molecule has 1 aromatic carbocycles. The summed E-state index contributed by atoms with van der Waals surface area (Å²) in [4.78, 5) is 52.7. The number of esters is 1. The summed E-state index contributed by atoms with van der Waals surface area (Å²) >= 11 is 0. The Balaban J connectivity index is 1.37. The topological polar surface area (TPSA) is 84.0 Å². The molecule has 4 rings (SSSR count). The molecule has 2 heterocycles. The molecule has 3 amide bonds. The minimum atomic E-state index is -1.04. The maximum absolute atomic E-state index is 12.6. The van der Waals surface area contributed by atoms with E-state index in [9.17, 15) is 19.2 Å². The summed E-state index contributed by atoms with van der Waals surface area (Å²) in [6.45, 7) is 1.60. The van der Waals surface area contributed by atoms with E-state index in [1.807, 2.05) is 36.4 Å². The number of allylic oxidation sites excluding steroid dienone is 2. The Bertz CT molecular complexity index is 851. The van der Waals surface area contributed by atoms with Crippen molar-refractivity contribution in [2.24, 2.45) is 11.8 Å². The summed E-state index contributed by atoms with van der Waals surface area (Å²) in [5.41, 5.74) is 1.91. The number of nitrogens with zero attached hydrogens (tertiary/aromatic N) is 2. The fourth-order valence-corrected chi connectivity index (χ4v) is 4.24. The number of hydrogen-bond acceptors (Lipinski definition) is 5. The summed E-state index contributed by atoms with van der Waals surface area (Å²) < 4.78 is 5.16. The third-order valence-corrected chi connectivity index (χ3v) is 5.80. The van der Waals surface area contributed by atoms with Crippen molar-refractivity contribution in [3.05, 3.63) is 42.0 Å². The first-order valence-corrected chi connectivity index (χ1v) is 9.56. The van der Waals surface area contributed by atoms with E-state index in [4.69, 9.17) is 4.74 Å². The molecule has 3 aliphatic rings. The van der Waals surface area contributed by atoms with E-state index < -0.39 is 30.5 Å². The highest BCUT2D eigenvalue weighted by Crippen LogP contribution is 2.36. The molecule has 7 nitrogen and oxygen atoms in total. The number of para-hydroxylation sites is 1. The molecule has 1 fully saturated rings. The van der Waals surface area contributed by atoms with Crippen LogP contribution in [-0.4, -0.2) is 47.8 Å². The second kappa shape index (κ2) is 7.22. The fraction of sp³-hybridized carbons (Fsp3) is 0.429. The summed E-state index contributed by atoms with van der Waals surface area (Å²) in [5, 5.41) is 0. The van der Waals surface area contributed by atoms with Crippen LogP contribution in [0.15, 0.2) is 36.4 Å². The maximum Gasteiger partial charge on any atom is 0.329 e. The quantitative estimate of drug-likeness (QED) is 0.447. The predicted octanol–water partition coefficient (Wildman–Crippen LogP) is 1.46. The van der Waals surface area contributed by atoms with E-state index in [0.717, 1.165) is 22.6 Å². The van der Waals surface area contributed by atoms with E-state index in [1.54, 1.807) is 4.90 Å². The largest absolute Gasteiger partial charge is 0.454 e. The number of imide groups is 1. The number of anilines is 1. The van der Waals surface area contributed by atoms with Gasteiger partial charge in [-0.15, -0.1) is 0 Å². The molecule has 0 bridgehead atoms. The summed E-state index contributed by atoms with van der Waals surface area (Å²) in [6.07, 6.45) is 5.58. The van der Waals surface area contributed by atoms with E-state index >= 15 is 0 Å². The molecule has 1 saturated heterocycles. The minimum Gasteiger partial charge on any atom is -0.454 e. The van der Waals surface area contributed by atoms with E-state index in [0.29, 0.717) is 19.4 Å². The van der Waals surface area contributed by atoms with Crippen LogP contribution >= 0.6 is 0 Å². The number of benzene rings is 1. The number of fused-ring (bicyclic) bond motifs is 2. The van der Waals surface area contributed by atoms with Gasteiger partial charge in [-0.1, -0.05) is 30.4 Å². The van der Waals surface area contributed by atoms with Crippen molar-refractivity contribution in [3.8, 4) is 0 Å². The highest BCUT2D eigenvalue weighted by molar-refractivity contribution is 6.08. The molecule has 0 radical (unpaired) electrons. The molecule has 28 heavy (non-hydrogen) atoms. The molecule has 7 heteroatoms. The lowest BCUT2D eigenvalue weighted by atomic mass is 9.85. The van der Waals surface area contributed by atoms with Gasteiger partial charge in [0.15, 0.2) is 6.61 Å². The smallest absolute Gasteiger partial charge is 0.329 e. The van der Waals surface area contributed by atoms with E-state index in [1.165, 1.54) is 6.92 Å². The molecular formula is C21H22N2O5. The van der Waals surface area contributed by atoms with Crippen molar-refractivity contribution in [3.63, 3.8) is 0 Å². The Morgan fingerprint density at radius 1 is 1.11 bits per heavy atom. The van der Waals surface area contributed by atoms with Crippen LogP contribution in [0.4, 0.5) is 5.69 Å². The third-order valence-electron chi connectivity index (χ3n) is 5.80. The average Bonchev–Trinajstić information content (AvgIpc) is 3.25. The van der Waals surface area contributed by atoms with Gasteiger partial charge in [-0.2, -0.15) is 0 Å². The number of ether oxygens (including phenoxy) is 1. The molecule has 2 aliphatic heterocycles. The lowest BCUT2D eigenvalue weighted by Crippen LogP contribution is -2.45. The molecule has 146 valence electrons. The molecule has 0 N–H and O–H groups in total. The first-order chi connectivity index (χ1) is 13.5. The SMILES string of the molecule is C[C@@H](C(=O)OCC(=O)N1CCc2ccccc21)N1C(=O)[C@H]2CC=CC[C@@H]2C1=O.